The Bertz CT molecular complexity index is 353. The van der Waals surface area contributed by atoms with Crippen LogP contribution in [0.5, 0.6) is 0 Å². The first-order chi connectivity index (χ1) is 8.17. The highest BCUT2D eigenvalue weighted by Crippen LogP contribution is 2.12. The Morgan fingerprint density at radius 2 is 2.12 bits per heavy atom. The van der Waals surface area contributed by atoms with Crippen LogP contribution >= 0.6 is 11.3 Å². The van der Waals surface area contributed by atoms with E-state index in [9.17, 15) is 4.79 Å². The monoisotopic (exact) mass is 256 g/mol. The van der Waals surface area contributed by atoms with Gasteiger partial charge in [-0.15, -0.1) is 10.2 Å². The van der Waals surface area contributed by atoms with Crippen molar-refractivity contribution in [2.75, 3.05) is 5.73 Å². The fraction of sp³-hybridized carbons (Fsp3) is 0.727. The first kappa shape index (κ1) is 13.9. The predicted octanol–water partition coefficient (Wildman–Crippen LogP) is 2.21. The number of aromatic nitrogens is 2. The Balaban J connectivity index is 2.51. The molecule has 1 amide bonds. The molecular weight excluding hydrogens is 236 g/mol. The average molecular weight is 256 g/mol. The fourth-order valence-corrected chi connectivity index (χ4v) is 2.17. The van der Waals surface area contributed by atoms with E-state index in [2.05, 4.69) is 29.4 Å². The van der Waals surface area contributed by atoms with Crippen LogP contribution in [0.1, 0.15) is 55.8 Å². The molecule has 1 aromatic heterocycles. The van der Waals surface area contributed by atoms with Gasteiger partial charge >= 0.3 is 0 Å². The van der Waals surface area contributed by atoms with E-state index in [-0.39, 0.29) is 11.9 Å². The Morgan fingerprint density at radius 3 is 2.65 bits per heavy atom. The third-order valence-corrected chi connectivity index (χ3v) is 3.26. The molecule has 1 aromatic rings. The fourth-order valence-electron chi connectivity index (χ4n) is 1.66. The van der Waals surface area contributed by atoms with Gasteiger partial charge in [0.1, 0.15) is 0 Å². The first-order valence-electron chi connectivity index (χ1n) is 6.07. The van der Waals surface area contributed by atoms with Crippen molar-refractivity contribution in [2.24, 2.45) is 0 Å². The minimum Gasteiger partial charge on any atom is -0.374 e. The number of nitrogens with two attached hydrogens (primary N) is 1. The molecule has 1 rings (SSSR count). The smallest absolute Gasteiger partial charge is 0.282 e. The van der Waals surface area contributed by atoms with Gasteiger partial charge in [-0.05, 0) is 12.8 Å². The van der Waals surface area contributed by atoms with E-state index in [1.54, 1.807) is 0 Å². The highest BCUT2D eigenvalue weighted by Gasteiger charge is 2.16. The van der Waals surface area contributed by atoms with E-state index < -0.39 is 0 Å². The van der Waals surface area contributed by atoms with Crippen LogP contribution in [0.2, 0.25) is 0 Å². The van der Waals surface area contributed by atoms with Crippen molar-refractivity contribution in [3.63, 3.8) is 0 Å². The largest absolute Gasteiger partial charge is 0.374 e. The van der Waals surface area contributed by atoms with E-state index in [1.165, 1.54) is 0 Å². The van der Waals surface area contributed by atoms with Crippen LogP contribution in [-0.4, -0.2) is 22.1 Å². The quantitative estimate of drug-likeness (QED) is 0.783. The number of anilines is 1. The van der Waals surface area contributed by atoms with E-state index >= 15 is 0 Å². The lowest BCUT2D eigenvalue weighted by Crippen LogP contribution is -2.34. The standard InChI is InChI=1S/C11H20N4OS/c1-3-5-7-8(6-4-2)13-9(16)10-14-15-11(12)17-10/h8H,3-7H2,1-2H3,(H2,12,15)(H,13,16). The summed E-state index contributed by atoms with van der Waals surface area (Å²) in [7, 11) is 0. The van der Waals surface area contributed by atoms with Crippen LogP contribution in [0, 0.1) is 0 Å². The number of rotatable bonds is 7. The van der Waals surface area contributed by atoms with Crippen LogP contribution in [0.25, 0.3) is 0 Å². The minimum absolute atomic E-state index is 0.159. The van der Waals surface area contributed by atoms with Gasteiger partial charge in [-0.3, -0.25) is 4.79 Å². The van der Waals surface area contributed by atoms with Crippen molar-refractivity contribution in [3.05, 3.63) is 5.01 Å². The molecule has 17 heavy (non-hydrogen) atoms. The van der Waals surface area contributed by atoms with Gasteiger partial charge < -0.3 is 11.1 Å². The zero-order chi connectivity index (χ0) is 12.7. The topological polar surface area (TPSA) is 80.9 Å². The molecule has 0 radical (unpaired) electrons. The van der Waals surface area contributed by atoms with E-state index in [0.717, 1.165) is 43.4 Å². The van der Waals surface area contributed by atoms with Crippen molar-refractivity contribution in [2.45, 2.75) is 52.0 Å². The van der Waals surface area contributed by atoms with E-state index in [4.69, 9.17) is 5.73 Å². The molecule has 0 aliphatic heterocycles. The Hall–Kier alpha value is -1.17. The van der Waals surface area contributed by atoms with Gasteiger partial charge in [0.25, 0.3) is 5.91 Å². The number of nitrogen functional groups attached to an aromatic ring is 1. The Morgan fingerprint density at radius 1 is 1.35 bits per heavy atom. The molecule has 0 bridgehead atoms. The number of carbonyl (C=O) groups is 1. The summed E-state index contributed by atoms with van der Waals surface area (Å²) in [6.07, 6.45) is 5.35. The first-order valence-corrected chi connectivity index (χ1v) is 6.88. The molecule has 0 aliphatic carbocycles. The molecule has 6 heteroatoms. The lowest BCUT2D eigenvalue weighted by molar-refractivity contribution is 0.0931. The maximum absolute atomic E-state index is 11.8. The van der Waals surface area contributed by atoms with Gasteiger partial charge in [-0.1, -0.05) is 44.4 Å². The summed E-state index contributed by atoms with van der Waals surface area (Å²) in [4.78, 5) is 11.8. The van der Waals surface area contributed by atoms with Crippen LogP contribution in [0.15, 0.2) is 0 Å². The van der Waals surface area contributed by atoms with Crippen LogP contribution < -0.4 is 11.1 Å². The van der Waals surface area contributed by atoms with Crippen molar-refractivity contribution in [3.8, 4) is 0 Å². The van der Waals surface area contributed by atoms with Gasteiger partial charge in [0.2, 0.25) is 10.1 Å². The van der Waals surface area contributed by atoms with Crippen LogP contribution in [0.4, 0.5) is 5.13 Å². The molecule has 0 aromatic carbocycles. The molecule has 0 saturated heterocycles. The summed E-state index contributed by atoms with van der Waals surface area (Å²) in [5, 5.41) is 11.1. The normalized spacial score (nSPS) is 12.4. The molecule has 5 nitrogen and oxygen atoms in total. The summed E-state index contributed by atoms with van der Waals surface area (Å²) in [6, 6.07) is 0.234. The second kappa shape index (κ2) is 7.21. The van der Waals surface area contributed by atoms with Gasteiger partial charge in [-0.2, -0.15) is 0 Å². The van der Waals surface area contributed by atoms with Crippen molar-refractivity contribution in [1.29, 1.82) is 0 Å². The summed E-state index contributed by atoms with van der Waals surface area (Å²) < 4.78 is 0. The maximum atomic E-state index is 11.8. The summed E-state index contributed by atoms with van der Waals surface area (Å²) >= 11 is 1.12. The zero-order valence-corrected chi connectivity index (χ0v) is 11.2. The van der Waals surface area contributed by atoms with E-state index in [0.29, 0.717) is 10.1 Å². The molecule has 0 saturated carbocycles. The molecule has 1 unspecified atom stereocenters. The maximum Gasteiger partial charge on any atom is 0.282 e. The molecule has 0 spiro atoms. The predicted molar refractivity (Wildman–Crippen MR) is 70.0 cm³/mol. The number of unbranched alkanes of at least 4 members (excludes halogenated alkanes) is 1. The van der Waals surface area contributed by atoms with Gasteiger partial charge in [0.05, 0.1) is 0 Å². The number of hydrogen-bond donors (Lipinski definition) is 2. The Labute approximate surface area is 106 Å². The van der Waals surface area contributed by atoms with Crippen LogP contribution in [-0.2, 0) is 0 Å². The van der Waals surface area contributed by atoms with Crippen molar-refractivity contribution in [1.82, 2.24) is 15.5 Å². The average Bonchev–Trinajstić information content (AvgIpc) is 2.73. The third kappa shape index (κ3) is 4.68. The molecule has 0 fully saturated rings. The number of carbonyl (C=O) groups excluding carboxylic acids is 1. The molecule has 1 atom stereocenters. The van der Waals surface area contributed by atoms with Crippen molar-refractivity contribution >= 4 is 22.4 Å². The highest BCUT2D eigenvalue weighted by atomic mass is 32.1. The SMILES string of the molecule is CCCCC(CCC)NC(=O)c1nnc(N)s1. The lowest BCUT2D eigenvalue weighted by Gasteiger charge is -2.16. The minimum atomic E-state index is -0.159. The lowest BCUT2D eigenvalue weighted by atomic mass is 10.1. The Kier molecular flexibility index (Phi) is 5.90. The summed E-state index contributed by atoms with van der Waals surface area (Å²) in [5.74, 6) is -0.159. The van der Waals surface area contributed by atoms with Crippen LogP contribution in [0.3, 0.4) is 0 Å². The van der Waals surface area contributed by atoms with Gasteiger partial charge in [0.15, 0.2) is 0 Å². The number of amides is 1. The molecule has 96 valence electrons. The van der Waals surface area contributed by atoms with Crippen molar-refractivity contribution < 1.29 is 4.79 Å². The third-order valence-electron chi connectivity index (χ3n) is 2.51. The molecular formula is C11H20N4OS. The molecule has 0 aliphatic rings. The van der Waals surface area contributed by atoms with E-state index in [1.807, 2.05) is 0 Å². The second-order valence-electron chi connectivity index (χ2n) is 4.05. The highest BCUT2D eigenvalue weighted by molar-refractivity contribution is 7.16. The summed E-state index contributed by atoms with van der Waals surface area (Å²) in [5.41, 5.74) is 5.45. The number of nitrogens with zero attached hydrogens (tertiary/aromatic N) is 2. The van der Waals surface area contributed by atoms with Gasteiger partial charge in [0, 0.05) is 6.04 Å². The number of nitrogens with one attached hydrogen (secondary N) is 1. The zero-order valence-electron chi connectivity index (χ0n) is 10.4. The number of hydrogen-bond acceptors (Lipinski definition) is 5. The summed E-state index contributed by atoms with van der Waals surface area (Å²) in [6.45, 7) is 4.27. The van der Waals surface area contributed by atoms with Gasteiger partial charge in [-0.25, -0.2) is 0 Å². The second-order valence-corrected chi connectivity index (χ2v) is 5.06. The molecule has 1 heterocycles. The molecule has 3 N–H and O–H groups in total.